The van der Waals surface area contributed by atoms with Gasteiger partial charge < -0.3 is 0 Å². The zero-order chi connectivity index (χ0) is 87.4. The zero-order valence-electron chi connectivity index (χ0n) is 72.7. The van der Waals surface area contributed by atoms with Gasteiger partial charge in [-0.05, 0) is 294 Å². The van der Waals surface area contributed by atoms with Gasteiger partial charge in [0.05, 0.1) is 0 Å². The van der Waals surface area contributed by atoms with Crippen LogP contribution in [0.2, 0.25) is 0 Å². The third kappa shape index (κ3) is 14.3. The molecule has 0 radical (unpaired) electrons. The summed E-state index contributed by atoms with van der Waals surface area (Å²) in [6.45, 7) is 0. The van der Waals surface area contributed by atoms with Crippen LogP contribution in [0, 0.1) is 0 Å². The first-order valence-electron chi connectivity index (χ1n) is 45.7. The molecule has 0 fully saturated rings. The predicted molar refractivity (Wildman–Crippen MR) is 569 cm³/mol. The van der Waals surface area contributed by atoms with Crippen LogP contribution >= 0.6 is 0 Å². The number of benzene rings is 26. The third-order valence-corrected chi connectivity index (χ3v) is 27.1. The van der Waals surface area contributed by atoms with E-state index in [2.05, 4.69) is 522 Å². The minimum atomic E-state index is 1.22. The molecule has 26 aromatic rings. The lowest BCUT2D eigenvalue weighted by molar-refractivity contribution is 1.60. The molecule has 0 heterocycles. The van der Waals surface area contributed by atoms with E-state index in [4.69, 9.17) is 0 Å². The second kappa shape index (κ2) is 33.9. The molecule has 614 valence electrons. The highest BCUT2D eigenvalue weighted by Crippen LogP contribution is 2.51. The highest BCUT2D eigenvalue weighted by molar-refractivity contribution is 6.27. The monoisotopic (exact) mass is 1670 g/mol. The summed E-state index contributed by atoms with van der Waals surface area (Å²) in [6.07, 6.45) is 0. The van der Waals surface area contributed by atoms with Crippen LogP contribution in [0.25, 0.3) is 252 Å². The van der Waals surface area contributed by atoms with Gasteiger partial charge in [-0.1, -0.05) is 479 Å². The van der Waals surface area contributed by atoms with Gasteiger partial charge in [-0.3, -0.25) is 0 Å². The van der Waals surface area contributed by atoms with E-state index in [1.54, 1.807) is 0 Å². The maximum absolute atomic E-state index is 2.38. The van der Waals surface area contributed by atoms with Crippen molar-refractivity contribution in [2.24, 2.45) is 0 Å². The number of hydrogen-bond acceptors (Lipinski definition) is 0. The fourth-order valence-electron chi connectivity index (χ4n) is 20.9. The van der Waals surface area contributed by atoms with Crippen LogP contribution in [-0.4, -0.2) is 0 Å². The summed E-state index contributed by atoms with van der Waals surface area (Å²) in [7, 11) is 0. The molecule has 26 aromatic carbocycles. The second-order valence-electron chi connectivity index (χ2n) is 34.7. The number of fused-ring (bicyclic) bond motifs is 12. The van der Waals surface area contributed by atoms with E-state index in [0.717, 1.165) is 0 Å². The highest BCUT2D eigenvalue weighted by atomic mass is 14.3. The van der Waals surface area contributed by atoms with Gasteiger partial charge in [0, 0.05) is 0 Å². The van der Waals surface area contributed by atoms with Crippen LogP contribution in [0.3, 0.4) is 0 Å². The minimum Gasteiger partial charge on any atom is -0.0622 e. The Morgan fingerprint density at radius 2 is 0.242 bits per heavy atom. The van der Waals surface area contributed by atoms with Crippen LogP contribution in [0.5, 0.6) is 0 Å². The second-order valence-corrected chi connectivity index (χ2v) is 34.7. The highest BCUT2D eigenvalue weighted by Gasteiger charge is 2.24. The molecular formula is C132H86. The molecule has 0 spiro atoms. The van der Waals surface area contributed by atoms with Crippen LogP contribution < -0.4 is 0 Å². The van der Waals surface area contributed by atoms with Crippen molar-refractivity contribution >= 4 is 129 Å². The van der Waals surface area contributed by atoms with Gasteiger partial charge in [0.25, 0.3) is 0 Å². The van der Waals surface area contributed by atoms with E-state index in [0.29, 0.717) is 0 Å². The van der Waals surface area contributed by atoms with Crippen LogP contribution in [-0.2, 0) is 0 Å². The fraction of sp³-hybridized carbons (Fsp3) is 0. The molecule has 0 saturated carbocycles. The van der Waals surface area contributed by atoms with E-state index in [1.807, 2.05) is 0 Å². The lowest BCUT2D eigenvalue weighted by atomic mass is 9.84. The SMILES string of the molecule is c1ccc(-c2ccc(-c3ccc4ccc(-c5c6ccccc6c(-c6cccc7ccccc67)c6ccccc56)cc4c3)cc2)cc1.c1ccc(-c2ccc3ccc(-c4c5ccccc5c(-c5cccc6ccccc56)c5ccccc45)cc3c2)cc1.c1ccc(-c2cccc(-c3ccc4ccc(-c5c6ccccc6c(-c6cccc7ccccc67)c6ccccc56)cc4c3)c2)cc1. The van der Waals surface area contributed by atoms with Crippen molar-refractivity contribution in [2.45, 2.75) is 0 Å². The Labute approximate surface area is 767 Å². The Morgan fingerprint density at radius 3 is 0.530 bits per heavy atom. The minimum absolute atomic E-state index is 1.22. The molecule has 0 N–H and O–H groups in total. The standard InChI is InChI=1S/2C46H30.C40H26/c1-2-12-31(13-3-1)34-16-10-17-35(28-34)36-26-24-32-25-27-37(30-38(32)29-36)45-41-19-6-8-21-43(41)46(44-22-9-7-20-42(44)45)40-23-11-15-33-14-4-5-18-39(33)40;1-2-11-31(12-3-1)32-21-23-33(24-22-32)36-27-25-34-26-28-37(30-38(34)29-36)45-41-16-6-8-18-43(41)46(44-19-9-7-17-42(44)45)40-20-10-14-35-13-4-5-15-39(35)40;1-2-11-27(12-3-1)30-23-21-28-22-24-31(26-32(28)25-30)39-35-16-6-8-18-37(35)40(38-19-9-7-17-36(38)39)34-20-10-14-29-13-4-5-15-33(29)34/h2*1-30H;1-26H. The lowest BCUT2D eigenvalue weighted by Crippen LogP contribution is -1.91. The van der Waals surface area contributed by atoms with Crippen molar-refractivity contribution < 1.29 is 0 Å². The molecular weight excluding hydrogens is 1590 g/mol. The molecule has 0 aromatic heterocycles. The Balaban J connectivity index is 0.000000110. The third-order valence-electron chi connectivity index (χ3n) is 27.1. The number of rotatable bonds is 11. The molecule has 0 amide bonds. The predicted octanol–water partition coefficient (Wildman–Crippen LogP) is 37.2. The summed E-state index contributed by atoms with van der Waals surface area (Å²) < 4.78 is 0. The van der Waals surface area contributed by atoms with Crippen molar-refractivity contribution in [3.05, 3.63) is 522 Å². The zero-order valence-corrected chi connectivity index (χ0v) is 72.7. The van der Waals surface area contributed by atoms with Gasteiger partial charge in [-0.25, -0.2) is 0 Å². The van der Waals surface area contributed by atoms with E-state index in [1.165, 1.54) is 252 Å². The molecule has 0 bridgehead atoms. The number of hydrogen-bond donors (Lipinski definition) is 0. The van der Waals surface area contributed by atoms with Crippen molar-refractivity contribution in [1.82, 2.24) is 0 Å². The van der Waals surface area contributed by atoms with E-state index < -0.39 is 0 Å². The molecule has 0 nitrogen and oxygen atoms in total. The maximum atomic E-state index is 2.38. The fourth-order valence-corrected chi connectivity index (χ4v) is 20.9. The molecule has 0 aliphatic carbocycles. The summed E-state index contributed by atoms with van der Waals surface area (Å²) in [5.41, 5.74) is 27.6. The molecule has 0 aliphatic rings. The Kier molecular flexibility index (Phi) is 20.1. The quantitative estimate of drug-likeness (QED) is 0.113. The summed E-state index contributed by atoms with van der Waals surface area (Å²) in [5, 5.41) is 30.4. The Bertz CT molecular complexity index is 8810. The van der Waals surface area contributed by atoms with Gasteiger partial charge in [-0.2, -0.15) is 0 Å². The topological polar surface area (TPSA) is 0 Å². The molecule has 0 saturated heterocycles. The van der Waals surface area contributed by atoms with Crippen molar-refractivity contribution in [1.29, 1.82) is 0 Å². The maximum Gasteiger partial charge on any atom is -0.00201 e. The Hall–Kier alpha value is -17.2. The van der Waals surface area contributed by atoms with Gasteiger partial charge in [-0.15, -0.1) is 0 Å². The van der Waals surface area contributed by atoms with Gasteiger partial charge >= 0.3 is 0 Å². The van der Waals surface area contributed by atoms with Crippen LogP contribution in [0.4, 0.5) is 0 Å². The van der Waals surface area contributed by atoms with E-state index in [9.17, 15) is 0 Å². The van der Waals surface area contributed by atoms with Crippen LogP contribution in [0.1, 0.15) is 0 Å². The molecule has 0 aliphatic heterocycles. The first kappa shape index (κ1) is 78.3. The average molecular weight is 1670 g/mol. The van der Waals surface area contributed by atoms with Gasteiger partial charge in [0.1, 0.15) is 0 Å². The normalized spacial score (nSPS) is 11.5. The molecule has 0 heteroatoms. The lowest BCUT2D eigenvalue weighted by Gasteiger charge is -2.19. The largest absolute Gasteiger partial charge is 0.0622 e. The van der Waals surface area contributed by atoms with Crippen molar-refractivity contribution in [3.63, 3.8) is 0 Å². The summed E-state index contributed by atoms with van der Waals surface area (Å²) >= 11 is 0. The molecule has 132 heavy (non-hydrogen) atoms. The van der Waals surface area contributed by atoms with Gasteiger partial charge in [0.15, 0.2) is 0 Å². The summed E-state index contributed by atoms with van der Waals surface area (Å²) in [6, 6.07) is 191. The average Bonchev–Trinajstić information content (AvgIpc) is 0.734. The van der Waals surface area contributed by atoms with Crippen LogP contribution in [0.15, 0.2) is 522 Å². The van der Waals surface area contributed by atoms with E-state index in [-0.39, 0.29) is 0 Å². The Morgan fingerprint density at radius 1 is 0.0758 bits per heavy atom. The van der Waals surface area contributed by atoms with E-state index >= 15 is 0 Å². The first-order chi connectivity index (χ1) is 65.5. The summed E-state index contributed by atoms with van der Waals surface area (Å²) in [4.78, 5) is 0. The molecule has 26 rings (SSSR count). The molecule has 0 atom stereocenters. The smallest absolute Gasteiger partial charge is 0.00201 e. The summed E-state index contributed by atoms with van der Waals surface area (Å²) in [5.74, 6) is 0. The first-order valence-corrected chi connectivity index (χ1v) is 45.7. The molecule has 0 unspecified atom stereocenters. The van der Waals surface area contributed by atoms with Crippen molar-refractivity contribution in [2.75, 3.05) is 0 Å². The van der Waals surface area contributed by atoms with Gasteiger partial charge in [0.2, 0.25) is 0 Å². The van der Waals surface area contributed by atoms with Crippen molar-refractivity contribution in [3.8, 4) is 122 Å².